The summed E-state index contributed by atoms with van der Waals surface area (Å²) in [5.74, 6) is 0. The molecule has 0 spiro atoms. The lowest BCUT2D eigenvalue weighted by Gasteiger charge is -2.02. The SMILES string of the molecule is O=C(Cl)CCOCCc1ccccc1. The second kappa shape index (κ2) is 6.57. The first-order valence-corrected chi connectivity index (χ1v) is 4.97. The van der Waals surface area contributed by atoms with Crippen LogP contribution < -0.4 is 0 Å². The van der Waals surface area contributed by atoms with E-state index in [2.05, 4.69) is 12.1 Å². The van der Waals surface area contributed by atoms with Gasteiger partial charge < -0.3 is 4.74 Å². The topological polar surface area (TPSA) is 26.3 Å². The maximum atomic E-state index is 10.4. The van der Waals surface area contributed by atoms with E-state index in [9.17, 15) is 4.79 Å². The number of carbonyl (C=O) groups is 1. The number of hydrogen-bond donors (Lipinski definition) is 0. The van der Waals surface area contributed by atoms with Crippen molar-refractivity contribution in [2.24, 2.45) is 0 Å². The van der Waals surface area contributed by atoms with E-state index in [4.69, 9.17) is 16.3 Å². The minimum absolute atomic E-state index is 0.288. The zero-order valence-corrected chi connectivity index (χ0v) is 8.67. The third kappa shape index (κ3) is 5.00. The van der Waals surface area contributed by atoms with Crippen LogP contribution in [-0.4, -0.2) is 18.5 Å². The van der Waals surface area contributed by atoms with E-state index in [0.29, 0.717) is 13.2 Å². The van der Waals surface area contributed by atoms with Crippen LogP contribution in [0.5, 0.6) is 0 Å². The maximum Gasteiger partial charge on any atom is 0.223 e. The molecule has 0 heterocycles. The average Bonchev–Trinajstić information content (AvgIpc) is 2.18. The summed E-state index contributed by atoms with van der Waals surface area (Å²) in [4.78, 5) is 10.4. The predicted molar refractivity (Wildman–Crippen MR) is 56.4 cm³/mol. The van der Waals surface area contributed by atoms with Crippen LogP contribution in [0.15, 0.2) is 30.3 Å². The molecule has 0 fully saturated rings. The highest BCUT2D eigenvalue weighted by molar-refractivity contribution is 6.63. The Labute approximate surface area is 88.8 Å². The molecule has 0 N–H and O–H groups in total. The largest absolute Gasteiger partial charge is 0.381 e. The fraction of sp³-hybridized carbons (Fsp3) is 0.364. The van der Waals surface area contributed by atoms with Gasteiger partial charge in [0.15, 0.2) is 0 Å². The Bertz CT molecular complexity index is 272. The van der Waals surface area contributed by atoms with E-state index in [1.54, 1.807) is 0 Å². The average molecular weight is 213 g/mol. The van der Waals surface area contributed by atoms with E-state index in [1.807, 2.05) is 18.2 Å². The molecule has 0 bridgehead atoms. The fourth-order valence-corrected chi connectivity index (χ4v) is 1.17. The summed E-state index contributed by atoms with van der Waals surface area (Å²) in [5, 5.41) is -0.343. The molecule has 0 aliphatic heterocycles. The van der Waals surface area contributed by atoms with Gasteiger partial charge in [0, 0.05) is 6.42 Å². The standard InChI is InChI=1S/C11H13ClO2/c12-11(13)7-9-14-8-6-10-4-2-1-3-5-10/h1-5H,6-9H2. The smallest absolute Gasteiger partial charge is 0.223 e. The molecule has 0 amide bonds. The fourth-order valence-electron chi connectivity index (χ4n) is 1.09. The molecule has 0 radical (unpaired) electrons. The zero-order chi connectivity index (χ0) is 10.2. The Morgan fingerprint density at radius 3 is 2.57 bits per heavy atom. The van der Waals surface area contributed by atoms with Gasteiger partial charge in [-0.2, -0.15) is 0 Å². The van der Waals surface area contributed by atoms with Gasteiger partial charge in [0.1, 0.15) is 0 Å². The third-order valence-electron chi connectivity index (χ3n) is 1.82. The maximum absolute atomic E-state index is 10.4. The van der Waals surface area contributed by atoms with Crippen LogP contribution in [0.1, 0.15) is 12.0 Å². The Morgan fingerprint density at radius 2 is 1.93 bits per heavy atom. The zero-order valence-electron chi connectivity index (χ0n) is 7.91. The first kappa shape index (κ1) is 11.2. The molecule has 76 valence electrons. The molecule has 0 aromatic heterocycles. The number of hydrogen-bond acceptors (Lipinski definition) is 2. The van der Waals surface area contributed by atoms with Crippen molar-refractivity contribution >= 4 is 16.8 Å². The van der Waals surface area contributed by atoms with E-state index < -0.39 is 0 Å². The molecule has 0 aliphatic carbocycles. The Balaban J connectivity index is 2.08. The summed E-state index contributed by atoms with van der Waals surface area (Å²) < 4.78 is 5.24. The molecule has 0 aliphatic rings. The molecule has 0 atom stereocenters. The second-order valence-electron chi connectivity index (χ2n) is 2.95. The van der Waals surface area contributed by atoms with Gasteiger partial charge in [-0.1, -0.05) is 30.3 Å². The van der Waals surface area contributed by atoms with Gasteiger partial charge in [-0.05, 0) is 23.6 Å². The predicted octanol–water partition coefficient (Wildman–Crippen LogP) is 2.40. The van der Waals surface area contributed by atoms with E-state index in [0.717, 1.165) is 6.42 Å². The first-order valence-electron chi connectivity index (χ1n) is 4.59. The van der Waals surface area contributed by atoms with Gasteiger partial charge in [0.05, 0.1) is 13.2 Å². The highest BCUT2D eigenvalue weighted by atomic mass is 35.5. The van der Waals surface area contributed by atoms with Crippen molar-refractivity contribution in [1.82, 2.24) is 0 Å². The molecule has 0 unspecified atom stereocenters. The molecule has 14 heavy (non-hydrogen) atoms. The van der Waals surface area contributed by atoms with Crippen molar-refractivity contribution in [2.45, 2.75) is 12.8 Å². The summed E-state index contributed by atoms with van der Waals surface area (Å²) in [6.45, 7) is 1.04. The van der Waals surface area contributed by atoms with Crippen molar-refractivity contribution < 1.29 is 9.53 Å². The number of benzene rings is 1. The highest BCUT2D eigenvalue weighted by Gasteiger charge is 1.96. The summed E-state index contributed by atoms with van der Waals surface area (Å²) in [7, 11) is 0. The lowest BCUT2D eigenvalue weighted by atomic mass is 10.2. The molecule has 1 aromatic rings. The van der Waals surface area contributed by atoms with Gasteiger partial charge in [0.2, 0.25) is 5.24 Å². The summed E-state index contributed by atoms with van der Waals surface area (Å²) in [5.41, 5.74) is 1.24. The minimum Gasteiger partial charge on any atom is -0.381 e. The molecular formula is C11H13ClO2. The van der Waals surface area contributed by atoms with Gasteiger partial charge in [-0.15, -0.1) is 0 Å². The molecular weight excluding hydrogens is 200 g/mol. The lowest BCUT2D eigenvalue weighted by Crippen LogP contribution is -2.02. The Morgan fingerprint density at radius 1 is 1.21 bits per heavy atom. The van der Waals surface area contributed by atoms with Crippen molar-refractivity contribution in [2.75, 3.05) is 13.2 Å². The van der Waals surface area contributed by atoms with Gasteiger partial charge in [0.25, 0.3) is 0 Å². The first-order chi connectivity index (χ1) is 6.79. The molecule has 1 rings (SSSR count). The van der Waals surface area contributed by atoms with E-state index in [-0.39, 0.29) is 11.7 Å². The molecule has 0 saturated heterocycles. The van der Waals surface area contributed by atoms with Crippen LogP contribution in [0.3, 0.4) is 0 Å². The van der Waals surface area contributed by atoms with Crippen LogP contribution in [0.2, 0.25) is 0 Å². The molecule has 3 heteroatoms. The van der Waals surface area contributed by atoms with Gasteiger partial charge in [-0.3, -0.25) is 4.79 Å². The van der Waals surface area contributed by atoms with Crippen molar-refractivity contribution in [3.8, 4) is 0 Å². The summed E-state index contributed by atoms with van der Waals surface area (Å²) in [6, 6.07) is 10.1. The summed E-state index contributed by atoms with van der Waals surface area (Å²) in [6.07, 6.45) is 1.16. The monoisotopic (exact) mass is 212 g/mol. The van der Waals surface area contributed by atoms with Gasteiger partial charge in [-0.25, -0.2) is 0 Å². The van der Waals surface area contributed by atoms with Crippen LogP contribution in [0, 0.1) is 0 Å². The lowest BCUT2D eigenvalue weighted by molar-refractivity contribution is -0.112. The Hall–Kier alpha value is -0.860. The van der Waals surface area contributed by atoms with Crippen molar-refractivity contribution in [1.29, 1.82) is 0 Å². The van der Waals surface area contributed by atoms with E-state index in [1.165, 1.54) is 5.56 Å². The van der Waals surface area contributed by atoms with Crippen LogP contribution in [0.25, 0.3) is 0 Å². The molecule has 2 nitrogen and oxygen atoms in total. The normalized spacial score (nSPS) is 10.1. The van der Waals surface area contributed by atoms with Gasteiger partial charge >= 0.3 is 0 Å². The van der Waals surface area contributed by atoms with Crippen molar-refractivity contribution in [3.05, 3.63) is 35.9 Å². The van der Waals surface area contributed by atoms with Crippen LogP contribution in [0.4, 0.5) is 0 Å². The van der Waals surface area contributed by atoms with Crippen LogP contribution in [-0.2, 0) is 16.0 Å². The number of carbonyl (C=O) groups excluding carboxylic acids is 1. The minimum atomic E-state index is -0.343. The second-order valence-corrected chi connectivity index (χ2v) is 3.37. The molecule has 0 saturated carbocycles. The van der Waals surface area contributed by atoms with Crippen molar-refractivity contribution in [3.63, 3.8) is 0 Å². The van der Waals surface area contributed by atoms with E-state index >= 15 is 0 Å². The number of ether oxygens (including phenoxy) is 1. The summed E-state index contributed by atoms with van der Waals surface area (Å²) >= 11 is 5.15. The third-order valence-corrected chi connectivity index (χ3v) is 2.01. The number of halogens is 1. The number of rotatable bonds is 6. The Kier molecular flexibility index (Phi) is 5.27. The van der Waals surface area contributed by atoms with Crippen LogP contribution >= 0.6 is 11.6 Å². The highest BCUT2D eigenvalue weighted by Crippen LogP contribution is 1.99. The molecule has 1 aromatic carbocycles. The quantitative estimate of drug-likeness (QED) is 0.535.